The average molecular weight is 553 g/mol. The summed E-state index contributed by atoms with van der Waals surface area (Å²) in [6, 6.07) is 6.81. The highest BCUT2D eigenvalue weighted by molar-refractivity contribution is 5.73. The zero-order valence-electron chi connectivity index (χ0n) is 25.2. The van der Waals surface area contributed by atoms with E-state index in [1.54, 1.807) is 6.07 Å². The molecule has 0 radical (unpaired) electrons. The van der Waals surface area contributed by atoms with Crippen LogP contribution in [-0.2, 0) is 29.6 Å². The molecule has 40 heavy (non-hydrogen) atoms. The van der Waals surface area contributed by atoms with Gasteiger partial charge in [-0.1, -0.05) is 39.8 Å². The Kier molecular flexibility index (Phi) is 8.72. The van der Waals surface area contributed by atoms with Gasteiger partial charge >= 0.3 is 5.97 Å². The van der Waals surface area contributed by atoms with Crippen molar-refractivity contribution < 1.29 is 14.3 Å². The molecule has 5 rings (SSSR count). The van der Waals surface area contributed by atoms with E-state index in [1.807, 2.05) is 19.9 Å². The lowest BCUT2D eigenvalue weighted by molar-refractivity contribution is -0.146. The lowest BCUT2D eigenvalue weighted by atomic mass is 9.75. The van der Waals surface area contributed by atoms with Gasteiger partial charge in [-0.3, -0.25) is 14.4 Å². The van der Waals surface area contributed by atoms with E-state index in [0.717, 1.165) is 57.4 Å². The first kappa shape index (κ1) is 29.2. The smallest absolute Gasteiger partial charge is 0.321 e. The minimum atomic E-state index is -0.739. The van der Waals surface area contributed by atoms with Gasteiger partial charge in [0.05, 0.1) is 5.69 Å². The van der Waals surface area contributed by atoms with Gasteiger partial charge in [-0.05, 0) is 113 Å². The number of piperidine rings is 1. The van der Waals surface area contributed by atoms with Gasteiger partial charge in [0.2, 0.25) is 0 Å². The third kappa shape index (κ3) is 5.36. The second-order valence-electron chi connectivity index (χ2n) is 12.9. The summed E-state index contributed by atoms with van der Waals surface area (Å²) in [7, 11) is 0. The largest absolute Gasteiger partial charge is 0.480 e. The molecule has 6 nitrogen and oxygen atoms in total. The van der Waals surface area contributed by atoms with Gasteiger partial charge in [-0.2, -0.15) is 5.10 Å². The molecule has 1 aliphatic heterocycles. The number of benzene rings is 1. The van der Waals surface area contributed by atoms with Crippen LogP contribution in [-0.4, -0.2) is 68.9 Å². The van der Waals surface area contributed by atoms with Gasteiger partial charge in [0.1, 0.15) is 11.9 Å². The Balaban J connectivity index is 1.34. The van der Waals surface area contributed by atoms with Gasteiger partial charge in [0, 0.05) is 30.2 Å². The molecule has 1 spiro atoms. The maximum Gasteiger partial charge on any atom is 0.321 e. The van der Waals surface area contributed by atoms with Crippen LogP contribution >= 0.6 is 0 Å². The predicted molar refractivity (Wildman–Crippen MR) is 157 cm³/mol. The number of likely N-dealkylation sites (N-methyl/N-ethyl adjacent to an activating group) is 1. The molecule has 0 bridgehead atoms. The van der Waals surface area contributed by atoms with Crippen LogP contribution < -0.4 is 0 Å². The molecule has 0 amide bonds. The van der Waals surface area contributed by atoms with E-state index in [4.69, 9.17) is 5.10 Å². The highest BCUT2D eigenvalue weighted by Crippen LogP contribution is 2.49. The minimum Gasteiger partial charge on any atom is -0.480 e. The number of rotatable bonds is 10. The number of aryl methyl sites for hydroxylation is 2. The van der Waals surface area contributed by atoms with E-state index in [0.29, 0.717) is 12.5 Å². The number of aromatic nitrogens is 2. The zero-order chi connectivity index (χ0) is 28.6. The number of hydrogen-bond donors (Lipinski definition) is 1. The molecule has 1 N–H and O–H groups in total. The minimum absolute atomic E-state index is 0.0310. The molecule has 3 aliphatic rings. The molecular formula is C33H49FN4O2. The Morgan fingerprint density at radius 2 is 1.93 bits per heavy atom. The van der Waals surface area contributed by atoms with Crippen LogP contribution in [0.2, 0.25) is 0 Å². The third-order valence-corrected chi connectivity index (χ3v) is 10.5. The highest BCUT2D eigenvalue weighted by Gasteiger charge is 2.47. The van der Waals surface area contributed by atoms with E-state index in [1.165, 1.54) is 42.3 Å². The van der Waals surface area contributed by atoms with E-state index in [-0.39, 0.29) is 29.1 Å². The number of halogens is 1. The molecule has 2 aliphatic carbocycles. The van der Waals surface area contributed by atoms with Crippen molar-refractivity contribution in [3.05, 3.63) is 52.6 Å². The fraction of sp³-hybridized carbons (Fsp3) is 0.697. The SMILES string of the molecule is CCc1nn(CC)c2c1CCC21CCN(C[C@H]2C[C@H](N(CC)[C@@H](C(=O)O)C(C)C)C[C@@H]2c2cccc(F)c2)CC1. The van der Waals surface area contributed by atoms with Crippen LogP contribution in [0.15, 0.2) is 24.3 Å². The average Bonchev–Trinajstić information content (AvgIpc) is 3.62. The van der Waals surface area contributed by atoms with E-state index in [9.17, 15) is 14.3 Å². The van der Waals surface area contributed by atoms with Crippen molar-refractivity contribution in [2.24, 2.45) is 11.8 Å². The lowest BCUT2D eigenvalue weighted by Gasteiger charge is -2.41. The molecule has 4 atom stereocenters. The fourth-order valence-corrected chi connectivity index (χ4v) is 8.59. The number of carbonyl (C=O) groups is 1. The number of likely N-dealkylation sites (tertiary alicyclic amines) is 1. The predicted octanol–water partition coefficient (Wildman–Crippen LogP) is 5.88. The van der Waals surface area contributed by atoms with E-state index >= 15 is 0 Å². The van der Waals surface area contributed by atoms with Gasteiger partial charge in [0.25, 0.3) is 0 Å². The summed E-state index contributed by atoms with van der Waals surface area (Å²) < 4.78 is 16.6. The molecule has 2 fully saturated rings. The van der Waals surface area contributed by atoms with Crippen molar-refractivity contribution in [1.82, 2.24) is 19.6 Å². The van der Waals surface area contributed by atoms with Crippen LogP contribution in [0.1, 0.15) is 95.2 Å². The van der Waals surface area contributed by atoms with Crippen molar-refractivity contribution in [3.63, 3.8) is 0 Å². The van der Waals surface area contributed by atoms with Crippen molar-refractivity contribution >= 4 is 5.97 Å². The Morgan fingerprint density at radius 1 is 1.18 bits per heavy atom. The first-order valence-electron chi connectivity index (χ1n) is 15.8. The van der Waals surface area contributed by atoms with Crippen LogP contribution in [0, 0.1) is 17.7 Å². The molecule has 1 saturated heterocycles. The number of carboxylic acid groups (broad SMARTS) is 1. The topological polar surface area (TPSA) is 61.6 Å². The monoisotopic (exact) mass is 552 g/mol. The molecule has 1 aromatic heterocycles. The fourth-order valence-electron chi connectivity index (χ4n) is 8.59. The Hall–Kier alpha value is -2.25. The summed E-state index contributed by atoms with van der Waals surface area (Å²) in [5.74, 6) is -0.281. The number of fused-ring (bicyclic) bond motifs is 2. The Morgan fingerprint density at radius 3 is 2.52 bits per heavy atom. The van der Waals surface area contributed by atoms with Gasteiger partial charge in [-0.15, -0.1) is 0 Å². The second-order valence-corrected chi connectivity index (χ2v) is 12.9. The van der Waals surface area contributed by atoms with Gasteiger partial charge in [-0.25, -0.2) is 4.39 Å². The first-order chi connectivity index (χ1) is 19.2. The summed E-state index contributed by atoms with van der Waals surface area (Å²) in [6.07, 6.45) is 7.61. The molecule has 1 aromatic carbocycles. The summed E-state index contributed by atoms with van der Waals surface area (Å²) in [5, 5.41) is 15.0. The highest BCUT2D eigenvalue weighted by atomic mass is 19.1. The Bertz CT molecular complexity index is 1190. The number of nitrogens with zero attached hydrogens (tertiary/aromatic N) is 4. The standard InChI is InChI=1S/C33H49FN4O2/c1-6-29-27-12-13-33(31(27)38(8-3)35-29)14-16-36(17-15-33)21-24-19-26(37(7-2)30(22(4)5)32(39)40)20-28(24)23-10-9-11-25(34)18-23/h9-11,18,22,24,26,28,30H,6-8,12-17,19-21H2,1-5H3,(H,39,40)/t24-,26+,28-,30-/m1/s1. The van der Waals surface area contributed by atoms with Crippen molar-refractivity contribution in [3.8, 4) is 0 Å². The summed E-state index contributed by atoms with van der Waals surface area (Å²) in [5.41, 5.74) is 5.67. The van der Waals surface area contributed by atoms with E-state index in [2.05, 4.69) is 41.3 Å². The molecule has 1 saturated carbocycles. The van der Waals surface area contributed by atoms with Crippen LogP contribution in [0.4, 0.5) is 4.39 Å². The van der Waals surface area contributed by atoms with Gasteiger partial charge in [0.15, 0.2) is 0 Å². The summed E-state index contributed by atoms with van der Waals surface area (Å²) in [6.45, 7) is 15.3. The summed E-state index contributed by atoms with van der Waals surface area (Å²) >= 11 is 0. The maximum absolute atomic E-state index is 14.3. The maximum atomic E-state index is 14.3. The normalized spacial score (nSPS) is 25.2. The molecule has 2 heterocycles. The third-order valence-electron chi connectivity index (χ3n) is 10.5. The molecule has 220 valence electrons. The van der Waals surface area contributed by atoms with Gasteiger partial charge < -0.3 is 10.0 Å². The van der Waals surface area contributed by atoms with Crippen LogP contribution in [0.3, 0.4) is 0 Å². The van der Waals surface area contributed by atoms with Crippen molar-refractivity contribution in [1.29, 1.82) is 0 Å². The quantitative estimate of drug-likeness (QED) is 0.399. The molecule has 2 aromatic rings. The number of hydrogen-bond acceptors (Lipinski definition) is 4. The van der Waals surface area contributed by atoms with Crippen molar-refractivity contribution in [2.75, 3.05) is 26.2 Å². The molecule has 0 unspecified atom stereocenters. The first-order valence-corrected chi connectivity index (χ1v) is 15.8. The van der Waals surface area contributed by atoms with Crippen LogP contribution in [0.5, 0.6) is 0 Å². The number of carboxylic acids is 1. The lowest BCUT2D eigenvalue weighted by Crippen LogP contribution is -2.49. The van der Waals surface area contributed by atoms with Crippen LogP contribution in [0.25, 0.3) is 0 Å². The summed E-state index contributed by atoms with van der Waals surface area (Å²) in [4.78, 5) is 17.1. The van der Waals surface area contributed by atoms with Crippen molar-refractivity contribution in [2.45, 2.75) is 110 Å². The molecular weight excluding hydrogens is 503 g/mol. The number of aliphatic carboxylic acids is 1. The zero-order valence-corrected chi connectivity index (χ0v) is 25.2. The second kappa shape index (κ2) is 11.9. The molecule has 7 heteroatoms. The van der Waals surface area contributed by atoms with E-state index < -0.39 is 12.0 Å². The Labute approximate surface area is 239 Å².